The number of aliphatic imine (C=N–C) groups is 1. The van der Waals surface area contributed by atoms with E-state index in [1.54, 1.807) is 0 Å². The lowest BCUT2D eigenvalue weighted by Gasteiger charge is -2.23. The monoisotopic (exact) mass is 531 g/mol. The van der Waals surface area contributed by atoms with Crippen LogP contribution in [0.3, 0.4) is 0 Å². The molecule has 0 aromatic heterocycles. The Kier molecular flexibility index (Phi) is 10.7. The summed E-state index contributed by atoms with van der Waals surface area (Å²) in [4.78, 5) is 24.3. The van der Waals surface area contributed by atoms with E-state index in [9.17, 15) is 9.90 Å². The molecular formula is C32H45N5O2. The first-order valence-electron chi connectivity index (χ1n) is 14.5. The number of hydrogen-bond acceptors (Lipinski definition) is 5. The molecule has 210 valence electrons. The highest BCUT2D eigenvalue weighted by Gasteiger charge is 2.20. The van der Waals surface area contributed by atoms with Gasteiger partial charge < -0.3 is 20.2 Å². The fraction of sp³-hybridized carbons (Fsp3) is 0.500. The summed E-state index contributed by atoms with van der Waals surface area (Å²) in [6.07, 6.45) is 7.16. The van der Waals surface area contributed by atoms with Crippen molar-refractivity contribution in [2.24, 2.45) is 4.99 Å². The smallest absolute Gasteiger partial charge is 0.253 e. The van der Waals surface area contributed by atoms with Gasteiger partial charge >= 0.3 is 0 Å². The molecule has 7 nitrogen and oxygen atoms in total. The first-order valence-corrected chi connectivity index (χ1v) is 14.5. The van der Waals surface area contributed by atoms with E-state index < -0.39 is 0 Å². The molecule has 2 aromatic carbocycles. The summed E-state index contributed by atoms with van der Waals surface area (Å²) in [6.45, 7) is 8.57. The van der Waals surface area contributed by atoms with Crippen molar-refractivity contribution in [3.8, 4) is 11.1 Å². The van der Waals surface area contributed by atoms with Crippen LogP contribution in [0.2, 0.25) is 0 Å². The fourth-order valence-corrected chi connectivity index (χ4v) is 5.31. The van der Waals surface area contributed by atoms with Crippen molar-refractivity contribution >= 4 is 23.5 Å². The van der Waals surface area contributed by atoms with E-state index >= 15 is 0 Å². The van der Waals surface area contributed by atoms with E-state index in [1.165, 1.54) is 5.57 Å². The summed E-state index contributed by atoms with van der Waals surface area (Å²) in [5.74, 6) is 1.12. The molecule has 0 atom stereocenters. The quantitative estimate of drug-likeness (QED) is 0.410. The van der Waals surface area contributed by atoms with Crippen LogP contribution in [0.25, 0.3) is 17.2 Å². The molecule has 0 spiro atoms. The lowest BCUT2D eigenvalue weighted by atomic mass is 10.00. The van der Waals surface area contributed by atoms with Crippen molar-refractivity contribution in [3.05, 3.63) is 59.2 Å². The standard InChI is InChI=1S/C32H45N5O2/c1-4-15-36(16-7-20-38)24-25-21-29-13-12-28(23-30(29)34-31(22-25)33-14-19-35(2)3)26-8-10-27(11-9-26)32(39)37-17-5-6-18-37/h8-13,21,23,38H,4-7,14-20,22,24H2,1-3H3,(H,33,34). The number of aliphatic hydroxyl groups is 1. The van der Waals surface area contributed by atoms with Gasteiger partial charge in [-0.25, -0.2) is 0 Å². The summed E-state index contributed by atoms with van der Waals surface area (Å²) in [5.41, 5.74) is 6.51. The maximum Gasteiger partial charge on any atom is 0.253 e. The van der Waals surface area contributed by atoms with Gasteiger partial charge in [-0.3, -0.25) is 14.7 Å². The van der Waals surface area contributed by atoms with E-state index in [0.29, 0.717) is 0 Å². The maximum atomic E-state index is 12.8. The number of rotatable bonds is 12. The molecule has 0 unspecified atom stereocenters. The van der Waals surface area contributed by atoms with Crippen LogP contribution in [0.5, 0.6) is 0 Å². The number of carbonyl (C=O) groups is 1. The molecular weight excluding hydrogens is 486 g/mol. The second-order valence-corrected chi connectivity index (χ2v) is 11.0. The Morgan fingerprint density at radius 1 is 1.03 bits per heavy atom. The Labute approximate surface area is 234 Å². The Balaban J connectivity index is 1.58. The van der Waals surface area contributed by atoms with Crippen LogP contribution in [-0.4, -0.2) is 98.1 Å². The summed E-state index contributed by atoms with van der Waals surface area (Å²) in [5, 5.41) is 13.0. The Bertz CT molecular complexity index is 1150. The molecule has 1 saturated heterocycles. The number of anilines is 1. The van der Waals surface area contributed by atoms with Crippen LogP contribution >= 0.6 is 0 Å². The van der Waals surface area contributed by atoms with Crippen molar-refractivity contribution in [2.45, 2.75) is 39.0 Å². The number of aliphatic hydroxyl groups excluding tert-OH is 1. The number of likely N-dealkylation sites (N-methyl/N-ethyl adjacent to an activating group) is 1. The van der Waals surface area contributed by atoms with Gasteiger partial charge in [0.1, 0.15) is 5.84 Å². The molecule has 39 heavy (non-hydrogen) atoms. The van der Waals surface area contributed by atoms with Gasteiger partial charge in [0.25, 0.3) is 5.91 Å². The second kappa shape index (κ2) is 14.4. The molecule has 2 N–H and O–H groups in total. The van der Waals surface area contributed by atoms with Crippen LogP contribution in [0.4, 0.5) is 5.69 Å². The SMILES string of the molecule is CCCN(CCCO)CC1=Cc2ccc(-c3ccc(C(=O)N4CCCC4)cc3)cc2NC(=NCCN(C)C)C1. The van der Waals surface area contributed by atoms with Crippen molar-refractivity contribution in [1.29, 1.82) is 0 Å². The number of hydrogen-bond donors (Lipinski definition) is 2. The highest BCUT2D eigenvalue weighted by molar-refractivity contribution is 6.02. The van der Waals surface area contributed by atoms with Crippen LogP contribution in [0, 0.1) is 0 Å². The Morgan fingerprint density at radius 3 is 2.46 bits per heavy atom. The van der Waals surface area contributed by atoms with E-state index in [0.717, 1.165) is 112 Å². The van der Waals surface area contributed by atoms with E-state index in [1.807, 2.05) is 17.0 Å². The summed E-state index contributed by atoms with van der Waals surface area (Å²) in [7, 11) is 4.14. The number of fused-ring (bicyclic) bond motifs is 1. The first-order chi connectivity index (χ1) is 19.0. The molecule has 2 aliphatic rings. The molecule has 1 amide bonds. The zero-order valence-corrected chi connectivity index (χ0v) is 24.0. The van der Waals surface area contributed by atoms with Crippen LogP contribution in [-0.2, 0) is 0 Å². The predicted molar refractivity (Wildman–Crippen MR) is 163 cm³/mol. The second-order valence-electron chi connectivity index (χ2n) is 11.0. The van der Waals surface area contributed by atoms with Gasteiger partial charge in [0.2, 0.25) is 0 Å². The van der Waals surface area contributed by atoms with Crippen LogP contribution in [0.15, 0.2) is 53.0 Å². The molecule has 2 aromatic rings. The Hall–Kier alpha value is -3.00. The van der Waals surface area contributed by atoms with Gasteiger partial charge in [-0.15, -0.1) is 0 Å². The molecule has 0 radical (unpaired) electrons. The van der Waals surface area contributed by atoms with Crippen LogP contribution in [0.1, 0.15) is 54.9 Å². The van der Waals surface area contributed by atoms with Crippen molar-refractivity contribution in [1.82, 2.24) is 14.7 Å². The number of likely N-dealkylation sites (tertiary alicyclic amines) is 1. The zero-order chi connectivity index (χ0) is 27.6. The van der Waals surface area contributed by atoms with E-state index in [4.69, 9.17) is 4.99 Å². The molecule has 2 aliphatic heterocycles. The lowest BCUT2D eigenvalue weighted by molar-refractivity contribution is 0.0793. The van der Waals surface area contributed by atoms with Crippen LogP contribution < -0.4 is 5.32 Å². The summed E-state index contributed by atoms with van der Waals surface area (Å²) < 4.78 is 0. The molecule has 2 heterocycles. The minimum atomic E-state index is 0.134. The minimum absolute atomic E-state index is 0.134. The number of benzene rings is 2. The number of nitrogens with zero attached hydrogens (tertiary/aromatic N) is 4. The van der Waals surface area contributed by atoms with Gasteiger partial charge in [-0.05, 0) is 86.8 Å². The third-order valence-corrected chi connectivity index (χ3v) is 7.39. The first kappa shape index (κ1) is 29.0. The normalized spacial score (nSPS) is 16.4. The molecule has 4 rings (SSSR count). The number of carbonyl (C=O) groups excluding carboxylic acids is 1. The van der Waals surface area contributed by atoms with Gasteiger partial charge in [0, 0.05) is 57.0 Å². The topological polar surface area (TPSA) is 71.4 Å². The summed E-state index contributed by atoms with van der Waals surface area (Å²) in [6, 6.07) is 14.6. The van der Waals surface area contributed by atoms with Crippen molar-refractivity contribution < 1.29 is 9.90 Å². The zero-order valence-electron chi connectivity index (χ0n) is 24.0. The summed E-state index contributed by atoms with van der Waals surface area (Å²) >= 11 is 0. The average Bonchev–Trinajstić information content (AvgIpc) is 3.41. The molecule has 0 bridgehead atoms. The highest BCUT2D eigenvalue weighted by Crippen LogP contribution is 2.31. The van der Waals surface area contributed by atoms with Gasteiger partial charge in [0.05, 0.1) is 6.54 Å². The van der Waals surface area contributed by atoms with Gasteiger partial charge in [-0.2, -0.15) is 0 Å². The largest absolute Gasteiger partial charge is 0.396 e. The van der Waals surface area contributed by atoms with Gasteiger partial charge in [-0.1, -0.05) is 37.3 Å². The number of nitrogens with one attached hydrogen (secondary N) is 1. The average molecular weight is 532 g/mol. The minimum Gasteiger partial charge on any atom is -0.396 e. The molecule has 0 saturated carbocycles. The van der Waals surface area contributed by atoms with Crippen molar-refractivity contribution in [3.63, 3.8) is 0 Å². The van der Waals surface area contributed by atoms with E-state index in [2.05, 4.69) is 72.5 Å². The third kappa shape index (κ3) is 8.24. The number of amidine groups is 1. The Morgan fingerprint density at radius 2 is 1.77 bits per heavy atom. The fourth-order valence-electron chi connectivity index (χ4n) is 5.31. The highest BCUT2D eigenvalue weighted by atomic mass is 16.3. The molecule has 7 heteroatoms. The van der Waals surface area contributed by atoms with Gasteiger partial charge in [0.15, 0.2) is 0 Å². The predicted octanol–water partition coefficient (Wildman–Crippen LogP) is 4.84. The molecule has 1 fully saturated rings. The third-order valence-electron chi connectivity index (χ3n) is 7.39. The lowest BCUT2D eigenvalue weighted by Crippen LogP contribution is -2.29. The van der Waals surface area contributed by atoms with Crippen molar-refractivity contribution in [2.75, 3.05) is 71.8 Å². The number of amides is 1. The molecule has 0 aliphatic carbocycles. The maximum absolute atomic E-state index is 12.8. The van der Waals surface area contributed by atoms with E-state index in [-0.39, 0.29) is 12.5 Å².